The van der Waals surface area contributed by atoms with E-state index in [-0.39, 0.29) is 16.7 Å². The summed E-state index contributed by atoms with van der Waals surface area (Å²) in [7, 11) is 0. The van der Waals surface area contributed by atoms with E-state index in [0.29, 0.717) is 16.4 Å². The van der Waals surface area contributed by atoms with Gasteiger partial charge in [0.25, 0.3) is 5.91 Å². The molecule has 0 aliphatic heterocycles. The highest BCUT2D eigenvalue weighted by Gasteiger charge is 2.14. The molecule has 0 spiro atoms. The topological polar surface area (TPSA) is 83.6 Å². The van der Waals surface area contributed by atoms with Gasteiger partial charge < -0.3 is 10.3 Å². The molecule has 1 amide bonds. The molecular weight excluding hydrogens is 397 g/mol. The lowest BCUT2D eigenvalue weighted by molar-refractivity contribution is 0.102. The van der Waals surface area contributed by atoms with Crippen LogP contribution in [0.4, 0.5) is 10.1 Å². The smallest absolute Gasteiger partial charge is 0.286 e. The van der Waals surface area contributed by atoms with Crippen LogP contribution >= 0.6 is 23.1 Å². The molecule has 2 N–H and O–H groups in total. The van der Waals surface area contributed by atoms with Crippen LogP contribution in [0.3, 0.4) is 0 Å². The Hall–Kier alpha value is -3.04. The molecule has 0 atom stereocenters. The van der Waals surface area contributed by atoms with Gasteiger partial charge >= 0.3 is 0 Å². The van der Waals surface area contributed by atoms with Crippen LogP contribution in [0.2, 0.25) is 0 Å². The van der Waals surface area contributed by atoms with Gasteiger partial charge in [0.15, 0.2) is 5.16 Å². The van der Waals surface area contributed by atoms with Gasteiger partial charge in [-0.05, 0) is 29.8 Å². The molecule has 140 valence electrons. The highest BCUT2D eigenvalue weighted by Crippen LogP contribution is 2.25. The molecule has 4 aromatic rings. The lowest BCUT2D eigenvalue weighted by Crippen LogP contribution is -2.11. The van der Waals surface area contributed by atoms with Gasteiger partial charge in [-0.3, -0.25) is 4.79 Å². The Kier molecular flexibility index (Phi) is 5.45. The second-order valence-electron chi connectivity index (χ2n) is 5.72. The van der Waals surface area contributed by atoms with Crippen LogP contribution < -0.4 is 5.32 Å². The van der Waals surface area contributed by atoms with Crippen LogP contribution in [0, 0.1) is 5.82 Å². The fraction of sp³-hybridized carbons (Fsp3) is 0.0526. The van der Waals surface area contributed by atoms with Crippen LogP contribution in [0.5, 0.6) is 0 Å². The minimum atomic E-state index is -0.371. The van der Waals surface area contributed by atoms with Crippen LogP contribution in [0.1, 0.15) is 14.8 Å². The number of amides is 1. The third kappa shape index (κ3) is 4.44. The van der Waals surface area contributed by atoms with Crippen molar-refractivity contribution in [1.29, 1.82) is 0 Å². The number of hydrogen-bond donors (Lipinski definition) is 2. The van der Waals surface area contributed by atoms with Crippen molar-refractivity contribution in [1.82, 2.24) is 20.2 Å². The Balaban J connectivity index is 1.35. The number of halogens is 1. The fourth-order valence-corrected chi connectivity index (χ4v) is 3.96. The number of carbonyl (C=O) groups is 1. The summed E-state index contributed by atoms with van der Waals surface area (Å²) in [4.78, 5) is 19.9. The first kappa shape index (κ1) is 18.3. The summed E-state index contributed by atoms with van der Waals surface area (Å²) in [5.41, 5.74) is 2.51. The molecule has 9 heteroatoms. The number of aromatic nitrogens is 4. The molecule has 0 aliphatic carbocycles. The first-order valence-electron chi connectivity index (χ1n) is 8.30. The second-order valence-corrected chi connectivity index (χ2v) is 7.74. The zero-order valence-electron chi connectivity index (χ0n) is 14.4. The van der Waals surface area contributed by atoms with Gasteiger partial charge in [-0.25, -0.2) is 9.37 Å². The number of benzene rings is 2. The van der Waals surface area contributed by atoms with Crippen molar-refractivity contribution >= 4 is 34.7 Å². The molecule has 0 unspecified atom stereocenters. The Morgan fingerprint density at radius 2 is 1.89 bits per heavy atom. The normalized spacial score (nSPS) is 10.8. The predicted molar refractivity (Wildman–Crippen MR) is 108 cm³/mol. The molecule has 0 saturated carbocycles. The maximum Gasteiger partial charge on any atom is 0.286 e. The third-order valence-corrected chi connectivity index (χ3v) is 5.74. The molecule has 0 bridgehead atoms. The lowest BCUT2D eigenvalue weighted by atomic mass is 10.2. The van der Waals surface area contributed by atoms with E-state index in [0.717, 1.165) is 16.4 Å². The number of carbonyl (C=O) groups excluding carboxylic acids is 1. The van der Waals surface area contributed by atoms with Crippen molar-refractivity contribution in [2.75, 3.05) is 5.32 Å². The average Bonchev–Trinajstić information content (AvgIpc) is 3.38. The predicted octanol–water partition coefficient (Wildman–Crippen LogP) is 4.61. The van der Waals surface area contributed by atoms with Gasteiger partial charge in [0, 0.05) is 5.69 Å². The van der Waals surface area contributed by atoms with Gasteiger partial charge in [-0.2, -0.15) is 0 Å². The summed E-state index contributed by atoms with van der Waals surface area (Å²) in [6, 6.07) is 15.5. The highest BCUT2D eigenvalue weighted by atomic mass is 32.2. The van der Waals surface area contributed by atoms with E-state index in [1.54, 1.807) is 6.20 Å². The molecule has 28 heavy (non-hydrogen) atoms. The standard InChI is InChI=1S/C19H14FN5OS2/c20-13-6-8-14(9-7-13)22-17(26)18-25-24-16(28-18)11-27-19-21-10-15(23-19)12-4-2-1-3-5-12/h1-10H,11H2,(H,21,23)(H,22,26). The minimum Gasteiger partial charge on any atom is -0.333 e. The van der Waals surface area contributed by atoms with E-state index in [1.807, 2.05) is 30.3 Å². The molecule has 0 radical (unpaired) electrons. The number of thioether (sulfide) groups is 1. The number of aromatic amines is 1. The van der Waals surface area contributed by atoms with Crippen molar-refractivity contribution in [3.05, 3.63) is 76.6 Å². The number of rotatable bonds is 6. The summed E-state index contributed by atoms with van der Waals surface area (Å²) in [6.45, 7) is 0. The zero-order chi connectivity index (χ0) is 19.3. The number of nitrogens with zero attached hydrogens (tertiary/aromatic N) is 3. The summed E-state index contributed by atoms with van der Waals surface area (Å²) >= 11 is 2.70. The largest absolute Gasteiger partial charge is 0.333 e. The number of anilines is 1. The molecule has 2 aromatic carbocycles. The molecule has 2 heterocycles. The Bertz CT molecular complexity index is 1080. The summed E-state index contributed by atoms with van der Waals surface area (Å²) in [5.74, 6) is -0.185. The van der Waals surface area contributed by atoms with E-state index in [4.69, 9.17) is 0 Å². The van der Waals surface area contributed by atoms with Gasteiger partial charge in [-0.15, -0.1) is 10.2 Å². The van der Waals surface area contributed by atoms with Crippen LogP contribution in [-0.4, -0.2) is 26.1 Å². The van der Waals surface area contributed by atoms with Gasteiger partial charge in [0.05, 0.1) is 17.6 Å². The van der Waals surface area contributed by atoms with Crippen LogP contribution in [0.15, 0.2) is 66.0 Å². The van der Waals surface area contributed by atoms with E-state index in [1.165, 1.54) is 47.4 Å². The van der Waals surface area contributed by atoms with Crippen molar-refractivity contribution < 1.29 is 9.18 Å². The highest BCUT2D eigenvalue weighted by molar-refractivity contribution is 7.98. The summed E-state index contributed by atoms with van der Waals surface area (Å²) in [6.07, 6.45) is 1.79. The van der Waals surface area contributed by atoms with Crippen molar-refractivity contribution in [2.24, 2.45) is 0 Å². The SMILES string of the molecule is O=C(Nc1ccc(F)cc1)c1nnc(CSc2ncc(-c3ccccc3)[nH]2)s1. The van der Waals surface area contributed by atoms with E-state index in [9.17, 15) is 9.18 Å². The average molecular weight is 411 g/mol. The van der Waals surface area contributed by atoms with Crippen molar-refractivity contribution in [3.8, 4) is 11.3 Å². The maximum atomic E-state index is 12.9. The molecule has 2 aromatic heterocycles. The van der Waals surface area contributed by atoms with Gasteiger partial charge in [0.2, 0.25) is 5.01 Å². The molecule has 6 nitrogen and oxygen atoms in total. The molecule has 0 saturated heterocycles. The number of nitrogens with one attached hydrogen (secondary N) is 2. The summed E-state index contributed by atoms with van der Waals surface area (Å²) in [5, 5.41) is 12.4. The quantitative estimate of drug-likeness (QED) is 0.453. The molecular formula is C19H14FN5OS2. The zero-order valence-corrected chi connectivity index (χ0v) is 16.1. The fourth-order valence-electron chi connectivity index (χ4n) is 2.39. The van der Waals surface area contributed by atoms with Gasteiger partial charge in [-0.1, -0.05) is 53.4 Å². The van der Waals surface area contributed by atoms with Crippen LogP contribution in [0.25, 0.3) is 11.3 Å². The van der Waals surface area contributed by atoms with Crippen molar-refractivity contribution in [3.63, 3.8) is 0 Å². The Morgan fingerprint density at radius 3 is 2.68 bits per heavy atom. The Morgan fingerprint density at radius 1 is 1.11 bits per heavy atom. The number of H-pyrrole nitrogens is 1. The van der Waals surface area contributed by atoms with E-state index < -0.39 is 0 Å². The number of imidazole rings is 1. The first-order chi connectivity index (χ1) is 13.7. The second kappa shape index (κ2) is 8.32. The maximum absolute atomic E-state index is 12.9. The van der Waals surface area contributed by atoms with E-state index >= 15 is 0 Å². The molecule has 4 rings (SSSR count). The monoisotopic (exact) mass is 411 g/mol. The number of hydrogen-bond acceptors (Lipinski definition) is 6. The first-order valence-corrected chi connectivity index (χ1v) is 10.1. The third-order valence-electron chi connectivity index (χ3n) is 3.73. The van der Waals surface area contributed by atoms with Crippen LogP contribution in [-0.2, 0) is 5.75 Å². The molecule has 0 fully saturated rings. The van der Waals surface area contributed by atoms with E-state index in [2.05, 4.69) is 25.5 Å². The lowest BCUT2D eigenvalue weighted by Gasteiger charge is -2.01. The summed E-state index contributed by atoms with van der Waals surface area (Å²) < 4.78 is 12.9. The minimum absolute atomic E-state index is 0.254. The van der Waals surface area contributed by atoms with Gasteiger partial charge in [0.1, 0.15) is 10.8 Å². The Labute approximate surface area is 168 Å². The molecule has 0 aliphatic rings. The van der Waals surface area contributed by atoms with Crippen molar-refractivity contribution in [2.45, 2.75) is 10.9 Å².